The number of nitro benzene ring substituents is 1. The lowest BCUT2D eigenvalue weighted by molar-refractivity contribution is -0.386. The fourth-order valence-corrected chi connectivity index (χ4v) is 3.34. The first kappa shape index (κ1) is 20.6. The normalized spacial score (nSPS) is 17.0. The van der Waals surface area contributed by atoms with Gasteiger partial charge in [-0.15, -0.1) is 5.10 Å². The second-order valence-electron chi connectivity index (χ2n) is 5.17. The van der Waals surface area contributed by atoms with Gasteiger partial charge in [-0.1, -0.05) is 0 Å². The molecule has 0 unspecified atom stereocenters. The van der Waals surface area contributed by atoms with Crippen molar-refractivity contribution in [2.45, 2.75) is 13.8 Å². The number of aromatic hydroxyl groups is 1. The van der Waals surface area contributed by atoms with E-state index < -0.39 is 16.8 Å². The number of methoxy groups -OCH3 is 1. The summed E-state index contributed by atoms with van der Waals surface area (Å²) in [6.45, 7) is 2.99. The maximum atomic E-state index is 11.7. The number of halogens is 1. The van der Waals surface area contributed by atoms with Crippen LogP contribution in [-0.2, 0) is 14.3 Å². The number of rotatable bonds is 4. The van der Waals surface area contributed by atoms with Gasteiger partial charge in [0, 0.05) is 22.8 Å². The number of amides is 1. The van der Waals surface area contributed by atoms with Crippen LogP contribution in [0.15, 0.2) is 25.7 Å². The molecule has 0 atom stereocenters. The molecular formula is C15H13BrN4O6S. The maximum Gasteiger partial charge on any atom is 0.331 e. The van der Waals surface area contributed by atoms with Gasteiger partial charge in [0.05, 0.1) is 27.6 Å². The monoisotopic (exact) mass is 456 g/mol. The molecule has 0 bridgehead atoms. The number of phenolic OH excluding ortho intramolecular Hbond substituents is 1. The number of nitrogens with zero attached hydrogens (tertiary/aromatic N) is 3. The Morgan fingerprint density at radius 1 is 1.41 bits per heavy atom. The molecule has 12 heteroatoms. The average molecular weight is 457 g/mol. The van der Waals surface area contributed by atoms with E-state index in [0.717, 1.165) is 24.1 Å². The molecular weight excluding hydrogens is 444 g/mol. The largest absolute Gasteiger partial charge is 0.506 e. The first-order chi connectivity index (χ1) is 12.7. The minimum Gasteiger partial charge on any atom is -0.506 e. The van der Waals surface area contributed by atoms with Crippen molar-refractivity contribution in [3.05, 3.63) is 42.3 Å². The zero-order valence-electron chi connectivity index (χ0n) is 14.3. The molecule has 142 valence electrons. The van der Waals surface area contributed by atoms with E-state index in [4.69, 9.17) is 0 Å². The van der Waals surface area contributed by atoms with Crippen molar-refractivity contribution in [2.75, 3.05) is 7.11 Å². The Kier molecular flexibility index (Phi) is 6.33. The number of nitro groups is 1. The van der Waals surface area contributed by atoms with Gasteiger partial charge in [0.25, 0.3) is 11.6 Å². The molecule has 27 heavy (non-hydrogen) atoms. The lowest BCUT2D eigenvalue weighted by Gasteiger charge is -2.10. The van der Waals surface area contributed by atoms with Gasteiger partial charge in [-0.05, 0) is 41.5 Å². The molecule has 0 aliphatic carbocycles. The number of esters is 1. The number of benzene rings is 1. The minimum absolute atomic E-state index is 0.0866. The van der Waals surface area contributed by atoms with Crippen LogP contribution in [0.5, 0.6) is 5.75 Å². The zero-order chi connectivity index (χ0) is 20.3. The summed E-state index contributed by atoms with van der Waals surface area (Å²) in [6.07, 6.45) is 2.16. The lowest BCUT2D eigenvalue weighted by Crippen LogP contribution is -2.19. The van der Waals surface area contributed by atoms with Crippen LogP contribution < -0.4 is 5.32 Å². The Labute approximate surface area is 165 Å². The second kappa shape index (κ2) is 8.31. The number of thioether (sulfide) groups is 1. The number of carbonyl (C=O) groups excluding carboxylic acids is 2. The molecule has 0 spiro atoms. The molecule has 1 saturated heterocycles. The predicted octanol–water partition coefficient (Wildman–Crippen LogP) is 2.29. The number of ether oxygens (including phenoxy) is 1. The van der Waals surface area contributed by atoms with E-state index in [0.29, 0.717) is 0 Å². The number of hydrogen-bond donors (Lipinski definition) is 2. The standard InChI is InChI=1S/C15H13BrN4O6S/c1-6-8(13(22)11(16)7(2)12(6)20(24)25)5-17-19-15-18-14(23)9(27-15)4-10(21)26-3/h4-5,22H,1-3H3,(H,18,19,23)/b9-4+,17-5?. The summed E-state index contributed by atoms with van der Waals surface area (Å²) >= 11 is 4.00. The summed E-state index contributed by atoms with van der Waals surface area (Å²) in [7, 11) is 1.18. The van der Waals surface area contributed by atoms with Crippen molar-refractivity contribution in [3.63, 3.8) is 0 Å². The van der Waals surface area contributed by atoms with Crippen molar-refractivity contribution in [1.29, 1.82) is 0 Å². The Hall–Kier alpha value is -2.73. The van der Waals surface area contributed by atoms with E-state index in [1.54, 1.807) is 0 Å². The van der Waals surface area contributed by atoms with Gasteiger partial charge in [-0.25, -0.2) is 4.79 Å². The van der Waals surface area contributed by atoms with Gasteiger partial charge in [-0.3, -0.25) is 20.2 Å². The van der Waals surface area contributed by atoms with Crippen molar-refractivity contribution in [1.82, 2.24) is 5.32 Å². The van der Waals surface area contributed by atoms with Gasteiger partial charge in [-0.2, -0.15) is 5.10 Å². The SMILES string of the molecule is COC(=O)/C=C1/S/C(=N\N=Cc2c(C)c([N+](=O)[O-])c(C)c(Br)c2O)NC1=O. The highest BCUT2D eigenvalue weighted by Gasteiger charge is 2.26. The molecule has 1 aromatic carbocycles. The van der Waals surface area contributed by atoms with Crippen LogP contribution in [0.2, 0.25) is 0 Å². The first-order valence-corrected chi connectivity index (χ1v) is 8.84. The van der Waals surface area contributed by atoms with E-state index in [9.17, 15) is 24.8 Å². The third-order valence-electron chi connectivity index (χ3n) is 3.53. The summed E-state index contributed by atoms with van der Waals surface area (Å²) in [4.78, 5) is 33.7. The number of phenols is 1. The molecule has 1 aliphatic heterocycles. The number of carbonyl (C=O) groups is 2. The van der Waals surface area contributed by atoms with E-state index in [1.807, 2.05) is 0 Å². The second-order valence-corrected chi connectivity index (χ2v) is 6.99. The molecule has 0 saturated carbocycles. The highest BCUT2D eigenvalue weighted by molar-refractivity contribution is 9.10. The first-order valence-electron chi connectivity index (χ1n) is 7.23. The van der Waals surface area contributed by atoms with Gasteiger partial charge >= 0.3 is 5.97 Å². The van der Waals surface area contributed by atoms with Crippen LogP contribution in [0.1, 0.15) is 16.7 Å². The van der Waals surface area contributed by atoms with E-state index in [1.165, 1.54) is 21.0 Å². The van der Waals surface area contributed by atoms with Crippen LogP contribution in [0.25, 0.3) is 0 Å². The Morgan fingerprint density at radius 2 is 2.07 bits per heavy atom. The van der Waals surface area contributed by atoms with Gasteiger partial charge in [0.1, 0.15) is 5.75 Å². The van der Waals surface area contributed by atoms with Crippen LogP contribution >= 0.6 is 27.7 Å². The number of hydrogen-bond acceptors (Lipinski definition) is 9. The van der Waals surface area contributed by atoms with Crippen molar-refractivity contribution >= 4 is 56.6 Å². The highest BCUT2D eigenvalue weighted by Crippen LogP contribution is 2.39. The average Bonchev–Trinajstić information content (AvgIpc) is 2.95. The van der Waals surface area contributed by atoms with Gasteiger partial charge in [0.2, 0.25) is 0 Å². The van der Waals surface area contributed by atoms with Gasteiger partial charge in [0.15, 0.2) is 5.17 Å². The summed E-state index contributed by atoms with van der Waals surface area (Å²) < 4.78 is 4.63. The summed E-state index contributed by atoms with van der Waals surface area (Å²) in [5.41, 5.74) is 0.468. The number of nitrogens with one attached hydrogen (secondary N) is 1. The fraction of sp³-hybridized carbons (Fsp3) is 0.200. The molecule has 1 aliphatic rings. The smallest absolute Gasteiger partial charge is 0.331 e. The molecule has 0 aromatic heterocycles. The Bertz CT molecular complexity index is 941. The summed E-state index contributed by atoms with van der Waals surface area (Å²) in [5.74, 6) is -1.43. The number of amidine groups is 1. The third kappa shape index (κ3) is 4.34. The van der Waals surface area contributed by atoms with Crippen molar-refractivity contribution < 1.29 is 24.4 Å². The molecule has 1 amide bonds. The minimum atomic E-state index is -0.685. The molecule has 2 N–H and O–H groups in total. The molecule has 10 nitrogen and oxygen atoms in total. The van der Waals surface area contributed by atoms with Crippen molar-refractivity contribution in [3.8, 4) is 5.75 Å². The topological polar surface area (TPSA) is 143 Å². The zero-order valence-corrected chi connectivity index (χ0v) is 16.7. The maximum absolute atomic E-state index is 11.7. The van der Waals surface area contributed by atoms with Gasteiger partial charge < -0.3 is 9.84 Å². The highest BCUT2D eigenvalue weighted by atomic mass is 79.9. The molecule has 1 fully saturated rings. The molecule has 1 heterocycles. The van der Waals surface area contributed by atoms with Crippen LogP contribution in [0, 0.1) is 24.0 Å². The van der Waals surface area contributed by atoms with E-state index in [-0.39, 0.29) is 42.7 Å². The summed E-state index contributed by atoms with van der Waals surface area (Å²) in [6, 6.07) is 0. The van der Waals surface area contributed by atoms with Crippen molar-refractivity contribution in [2.24, 2.45) is 10.2 Å². The molecule has 2 rings (SSSR count). The van der Waals surface area contributed by atoms with E-state index in [2.05, 4.69) is 36.2 Å². The van der Waals surface area contributed by atoms with Crippen LogP contribution in [0.3, 0.4) is 0 Å². The van der Waals surface area contributed by atoms with Crippen LogP contribution in [0.4, 0.5) is 5.69 Å². The van der Waals surface area contributed by atoms with E-state index >= 15 is 0 Å². The summed E-state index contributed by atoms with van der Waals surface area (Å²) in [5, 5.41) is 31.5. The lowest BCUT2D eigenvalue weighted by atomic mass is 10.0. The molecule has 0 radical (unpaired) electrons. The predicted molar refractivity (Wildman–Crippen MR) is 103 cm³/mol. The quantitative estimate of drug-likeness (QED) is 0.232. The Morgan fingerprint density at radius 3 is 2.67 bits per heavy atom. The molecule has 1 aromatic rings. The fourth-order valence-electron chi connectivity index (χ4n) is 2.20. The van der Waals surface area contributed by atoms with Crippen LogP contribution in [-0.4, -0.2) is 40.4 Å². The third-order valence-corrected chi connectivity index (χ3v) is 5.40. The Balaban J connectivity index is 2.33.